The van der Waals surface area contributed by atoms with Crippen molar-refractivity contribution in [2.75, 3.05) is 5.32 Å². The van der Waals surface area contributed by atoms with Crippen molar-refractivity contribution in [1.29, 1.82) is 0 Å². The second-order valence-electron chi connectivity index (χ2n) is 8.82. The molecule has 0 radical (unpaired) electrons. The van der Waals surface area contributed by atoms with E-state index in [1.807, 2.05) is 43.3 Å². The van der Waals surface area contributed by atoms with Gasteiger partial charge in [-0.15, -0.1) is 0 Å². The van der Waals surface area contributed by atoms with Gasteiger partial charge >= 0.3 is 0 Å². The largest absolute Gasteiger partial charge is 0.324 e. The van der Waals surface area contributed by atoms with Crippen LogP contribution in [0.15, 0.2) is 59.1 Å². The first-order valence-electron chi connectivity index (χ1n) is 10.7. The molecule has 5 unspecified atom stereocenters. The zero-order valence-electron chi connectivity index (χ0n) is 17.4. The van der Waals surface area contributed by atoms with E-state index in [0.29, 0.717) is 10.7 Å². The van der Waals surface area contributed by atoms with E-state index < -0.39 is 11.9 Å². The van der Waals surface area contributed by atoms with E-state index in [-0.39, 0.29) is 41.9 Å². The van der Waals surface area contributed by atoms with Gasteiger partial charge < -0.3 is 5.32 Å². The van der Waals surface area contributed by atoms with E-state index in [2.05, 4.69) is 33.4 Å². The van der Waals surface area contributed by atoms with Crippen LogP contribution in [0.25, 0.3) is 0 Å². The lowest BCUT2D eigenvalue weighted by atomic mass is 9.85. The SMILES string of the molecule is Cc1cc(Br)c(Cl)cc1NC(=O)C(Cc1ccccc1)N1C(=O)C2C3C=CC(C3)C2C1=O. The maximum absolute atomic E-state index is 13.5. The van der Waals surface area contributed by atoms with Crippen molar-refractivity contribution in [3.63, 3.8) is 0 Å². The summed E-state index contributed by atoms with van der Waals surface area (Å²) in [5, 5.41) is 3.38. The van der Waals surface area contributed by atoms with Gasteiger partial charge in [-0.05, 0) is 64.4 Å². The van der Waals surface area contributed by atoms with Crippen LogP contribution in [0.4, 0.5) is 5.69 Å². The number of carbonyl (C=O) groups is 3. The van der Waals surface area contributed by atoms with Gasteiger partial charge in [0.15, 0.2) is 0 Å². The highest BCUT2D eigenvalue weighted by Gasteiger charge is 2.61. The van der Waals surface area contributed by atoms with Gasteiger partial charge in [-0.2, -0.15) is 0 Å². The Morgan fingerprint density at radius 2 is 1.75 bits per heavy atom. The van der Waals surface area contributed by atoms with Crippen molar-refractivity contribution in [2.24, 2.45) is 23.7 Å². The second kappa shape index (κ2) is 8.16. The third-order valence-corrected chi connectivity index (χ3v) is 8.11. The Kier molecular flexibility index (Phi) is 5.46. The number of anilines is 1. The summed E-state index contributed by atoms with van der Waals surface area (Å²) >= 11 is 9.62. The normalized spacial score (nSPS) is 26.5. The lowest BCUT2D eigenvalue weighted by Crippen LogP contribution is -2.49. The van der Waals surface area contributed by atoms with Gasteiger partial charge in [-0.25, -0.2) is 0 Å². The predicted molar refractivity (Wildman–Crippen MR) is 126 cm³/mol. The number of amides is 3. The smallest absolute Gasteiger partial charge is 0.248 e. The van der Waals surface area contributed by atoms with E-state index in [4.69, 9.17) is 11.6 Å². The van der Waals surface area contributed by atoms with Crippen molar-refractivity contribution < 1.29 is 14.4 Å². The van der Waals surface area contributed by atoms with Gasteiger partial charge in [0, 0.05) is 16.6 Å². The molecule has 1 saturated heterocycles. The highest BCUT2D eigenvalue weighted by atomic mass is 79.9. The number of rotatable bonds is 5. The molecule has 3 amide bonds. The third-order valence-electron chi connectivity index (χ3n) is 6.92. The summed E-state index contributed by atoms with van der Waals surface area (Å²) in [6.07, 6.45) is 5.22. The number of hydrogen-bond acceptors (Lipinski definition) is 3. The molecule has 5 nitrogen and oxygen atoms in total. The molecule has 0 spiro atoms. The van der Waals surface area contributed by atoms with E-state index in [1.165, 1.54) is 4.90 Å². The topological polar surface area (TPSA) is 66.5 Å². The predicted octanol–water partition coefficient (Wildman–Crippen LogP) is 4.77. The van der Waals surface area contributed by atoms with Gasteiger partial charge in [-0.1, -0.05) is 54.1 Å². The zero-order chi connectivity index (χ0) is 22.6. The minimum Gasteiger partial charge on any atom is -0.324 e. The Bertz CT molecular complexity index is 1120. The molecule has 0 aromatic heterocycles. The van der Waals surface area contributed by atoms with Crippen molar-refractivity contribution in [3.8, 4) is 0 Å². The first kappa shape index (κ1) is 21.4. The average Bonchev–Trinajstić information content (AvgIpc) is 3.45. The van der Waals surface area contributed by atoms with Crippen LogP contribution in [0.5, 0.6) is 0 Å². The Hall–Kier alpha value is -2.44. The number of benzene rings is 2. The molecule has 1 aliphatic heterocycles. The van der Waals surface area contributed by atoms with Crippen LogP contribution >= 0.6 is 27.5 Å². The molecule has 2 bridgehead atoms. The average molecular weight is 514 g/mol. The van der Waals surface area contributed by atoms with Crippen LogP contribution < -0.4 is 5.32 Å². The van der Waals surface area contributed by atoms with Crippen molar-refractivity contribution in [2.45, 2.75) is 25.8 Å². The summed E-state index contributed by atoms with van der Waals surface area (Å²) in [6.45, 7) is 1.86. The van der Waals surface area contributed by atoms with Crippen LogP contribution in [0.3, 0.4) is 0 Å². The standard InChI is InChI=1S/C25H22BrClN2O3/c1-13-9-17(26)18(27)12-19(13)28-23(30)20(10-14-5-3-2-4-6-14)29-24(31)21-15-7-8-16(11-15)22(21)25(29)32/h2-9,12,15-16,20-22H,10-11H2,1H3,(H,28,30). The first-order valence-corrected chi connectivity index (χ1v) is 11.9. The molecule has 2 aromatic rings. The van der Waals surface area contributed by atoms with E-state index in [1.54, 1.807) is 6.07 Å². The molecule has 2 aliphatic carbocycles. The lowest BCUT2D eigenvalue weighted by Gasteiger charge is -2.27. The van der Waals surface area contributed by atoms with Crippen molar-refractivity contribution >= 4 is 50.9 Å². The molecule has 1 N–H and O–H groups in total. The maximum atomic E-state index is 13.5. The van der Waals surface area contributed by atoms with Gasteiger partial charge in [0.05, 0.1) is 16.9 Å². The summed E-state index contributed by atoms with van der Waals surface area (Å²) < 4.78 is 0.733. The Labute approximate surface area is 199 Å². The van der Waals surface area contributed by atoms with Crippen LogP contribution in [0.1, 0.15) is 17.5 Å². The number of allylic oxidation sites excluding steroid dienone is 2. The molecule has 1 heterocycles. The summed E-state index contributed by atoms with van der Waals surface area (Å²) in [7, 11) is 0. The Balaban J connectivity index is 1.47. The maximum Gasteiger partial charge on any atom is 0.248 e. The van der Waals surface area contributed by atoms with Crippen molar-refractivity contribution in [1.82, 2.24) is 4.90 Å². The summed E-state index contributed by atoms with van der Waals surface area (Å²) in [5.74, 6) is -1.33. The fraction of sp³-hybridized carbons (Fsp3) is 0.320. The number of aryl methyl sites for hydroxylation is 1. The molecule has 7 heteroatoms. The van der Waals surface area contributed by atoms with E-state index in [9.17, 15) is 14.4 Å². The van der Waals surface area contributed by atoms with Crippen LogP contribution in [-0.4, -0.2) is 28.7 Å². The fourth-order valence-corrected chi connectivity index (χ4v) is 5.99. The molecule has 2 fully saturated rings. The molecule has 164 valence electrons. The number of hydrogen-bond donors (Lipinski definition) is 1. The third kappa shape index (κ3) is 3.50. The van der Waals surface area contributed by atoms with Gasteiger partial charge in [0.1, 0.15) is 6.04 Å². The summed E-state index contributed by atoms with van der Waals surface area (Å²) in [6, 6.07) is 12.0. The van der Waals surface area contributed by atoms with Crippen LogP contribution in [0, 0.1) is 30.6 Å². The fourth-order valence-electron chi connectivity index (χ4n) is 5.37. The van der Waals surface area contributed by atoms with Gasteiger partial charge in [-0.3, -0.25) is 19.3 Å². The second-order valence-corrected chi connectivity index (χ2v) is 10.1. The molecule has 5 atom stereocenters. The number of fused-ring (bicyclic) bond motifs is 5. The van der Waals surface area contributed by atoms with E-state index in [0.717, 1.165) is 22.0 Å². The highest BCUT2D eigenvalue weighted by Crippen LogP contribution is 2.53. The highest BCUT2D eigenvalue weighted by molar-refractivity contribution is 9.10. The number of halogens is 2. The summed E-state index contributed by atoms with van der Waals surface area (Å²) in [5.41, 5.74) is 2.27. The summed E-state index contributed by atoms with van der Waals surface area (Å²) in [4.78, 5) is 41.6. The minimum absolute atomic E-state index is 0.0967. The molecule has 1 saturated carbocycles. The molecule has 3 aliphatic rings. The quantitative estimate of drug-likeness (QED) is 0.463. The Morgan fingerprint density at radius 3 is 2.38 bits per heavy atom. The number of nitrogens with one attached hydrogen (secondary N) is 1. The van der Waals surface area contributed by atoms with Crippen molar-refractivity contribution in [3.05, 3.63) is 75.2 Å². The molecule has 5 rings (SSSR count). The van der Waals surface area contributed by atoms with Crippen LogP contribution in [-0.2, 0) is 20.8 Å². The first-order chi connectivity index (χ1) is 15.3. The van der Waals surface area contributed by atoms with Gasteiger partial charge in [0.2, 0.25) is 17.7 Å². The monoisotopic (exact) mass is 512 g/mol. The Morgan fingerprint density at radius 1 is 1.12 bits per heavy atom. The van der Waals surface area contributed by atoms with Crippen LogP contribution in [0.2, 0.25) is 5.02 Å². The zero-order valence-corrected chi connectivity index (χ0v) is 19.8. The molecule has 2 aromatic carbocycles. The number of likely N-dealkylation sites (tertiary alicyclic amines) is 1. The lowest BCUT2D eigenvalue weighted by molar-refractivity contribution is -0.147. The molecular weight excluding hydrogens is 492 g/mol. The van der Waals surface area contributed by atoms with Gasteiger partial charge in [0.25, 0.3) is 0 Å². The number of nitrogens with zero attached hydrogens (tertiary/aromatic N) is 1. The molecule has 32 heavy (non-hydrogen) atoms. The van der Waals surface area contributed by atoms with E-state index >= 15 is 0 Å². The minimum atomic E-state index is -0.927. The molecular formula is C25H22BrClN2O3. The number of carbonyl (C=O) groups excluding carboxylic acids is 3. The number of imide groups is 1.